The van der Waals surface area contributed by atoms with Gasteiger partial charge in [-0.2, -0.15) is 10.2 Å². The van der Waals surface area contributed by atoms with Crippen LogP contribution < -0.4 is 10.1 Å². The smallest absolute Gasteiger partial charge is 0.144 e. The molecule has 1 N–H and O–H groups in total. The van der Waals surface area contributed by atoms with Gasteiger partial charge in [0.25, 0.3) is 0 Å². The molecule has 0 aliphatic rings. The van der Waals surface area contributed by atoms with E-state index < -0.39 is 0 Å². The average molecular weight is 268 g/mol. The maximum atomic E-state index is 5.17. The number of benzene rings is 2. The first kappa shape index (κ1) is 13.7. The normalized spacial score (nSPS) is 10.5. The minimum Gasteiger partial charge on any atom is -0.494 e. The average Bonchev–Trinajstić information content (AvgIpc) is 2.52. The largest absolute Gasteiger partial charge is 0.494 e. The maximum Gasteiger partial charge on any atom is 0.144 e. The fourth-order valence-electron chi connectivity index (χ4n) is 1.70. The number of hydrogen-bond acceptors (Lipinski definition) is 5. The van der Waals surface area contributed by atoms with Crippen LogP contribution in [0.25, 0.3) is 0 Å². The molecule has 0 heterocycles. The highest BCUT2D eigenvalue weighted by Crippen LogP contribution is 2.32. The minimum absolute atomic E-state index is 0.646. The molecule has 2 aromatic rings. The molecule has 0 atom stereocenters. The predicted octanol–water partition coefficient (Wildman–Crippen LogP) is 4.48. The molecule has 0 spiro atoms. The molecule has 0 amide bonds. The van der Waals surface area contributed by atoms with Gasteiger partial charge < -0.3 is 10.1 Å². The Balaban J connectivity index is 2.24. The lowest BCUT2D eigenvalue weighted by Crippen LogP contribution is -1.85. The quantitative estimate of drug-likeness (QED) is 0.641. The van der Waals surface area contributed by atoms with Crippen molar-refractivity contribution >= 4 is 29.5 Å². The van der Waals surface area contributed by atoms with Crippen molar-refractivity contribution in [2.24, 2.45) is 15.2 Å². The van der Waals surface area contributed by atoms with Crippen LogP contribution in [0.15, 0.2) is 57.7 Å². The number of rotatable bonds is 5. The van der Waals surface area contributed by atoms with Crippen molar-refractivity contribution in [2.75, 3.05) is 19.5 Å². The van der Waals surface area contributed by atoms with Gasteiger partial charge in [-0.05, 0) is 43.1 Å². The van der Waals surface area contributed by atoms with Crippen molar-refractivity contribution in [3.63, 3.8) is 0 Å². The molecule has 0 saturated carbocycles. The molecule has 2 rings (SSSR count). The number of azo groups is 1. The summed E-state index contributed by atoms with van der Waals surface area (Å²) in [5.74, 6) is 0.663. The molecule has 102 valence electrons. The van der Waals surface area contributed by atoms with Gasteiger partial charge in [0.15, 0.2) is 0 Å². The van der Waals surface area contributed by atoms with E-state index in [0.29, 0.717) is 17.1 Å². The standard InChI is InChI=1S/C15H16N4O/c1-16-11-5-4-6-12(9-11)18-19-13-7-8-15(20-3)14(10-13)17-2/h4-10,16H,2H2,1,3H3. The Hall–Kier alpha value is -2.69. The number of anilines is 1. The molecule has 0 unspecified atom stereocenters. The third-order valence-corrected chi connectivity index (χ3v) is 2.75. The van der Waals surface area contributed by atoms with E-state index in [9.17, 15) is 0 Å². The summed E-state index contributed by atoms with van der Waals surface area (Å²) in [6.07, 6.45) is 0. The van der Waals surface area contributed by atoms with Crippen LogP contribution in [0.1, 0.15) is 0 Å². The predicted molar refractivity (Wildman–Crippen MR) is 82.4 cm³/mol. The van der Waals surface area contributed by atoms with Crippen molar-refractivity contribution in [1.82, 2.24) is 0 Å². The number of ether oxygens (including phenoxy) is 1. The highest BCUT2D eigenvalue weighted by molar-refractivity contribution is 5.62. The second kappa shape index (κ2) is 6.47. The second-order valence-corrected chi connectivity index (χ2v) is 4.01. The van der Waals surface area contributed by atoms with Crippen LogP contribution in [-0.4, -0.2) is 20.9 Å². The molecule has 0 radical (unpaired) electrons. The zero-order valence-corrected chi connectivity index (χ0v) is 11.5. The second-order valence-electron chi connectivity index (χ2n) is 4.01. The Morgan fingerprint density at radius 1 is 1.05 bits per heavy atom. The Bertz CT molecular complexity index is 638. The molecule has 0 aliphatic carbocycles. The molecular formula is C15H16N4O. The van der Waals surface area contributed by atoms with Crippen LogP contribution in [0.4, 0.5) is 22.7 Å². The Morgan fingerprint density at radius 3 is 2.45 bits per heavy atom. The van der Waals surface area contributed by atoms with E-state index in [4.69, 9.17) is 4.74 Å². The zero-order chi connectivity index (χ0) is 14.4. The molecule has 5 nitrogen and oxygen atoms in total. The van der Waals surface area contributed by atoms with E-state index in [1.165, 1.54) is 0 Å². The van der Waals surface area contributed by atoms with E-state index in [2.05, 4.69) is 27.3 Å². The van der Waals surface area contributed by atoms with Crippen LogP contribution in [0.3, 0.4) is 0 Å². The molecule has 20 heavy (non-hydrogen) atoms. The minimum atomic E-state index is 0.646. The van der Waals surface area contributed by atoms with Gasteiger partial charge in [-0.25, -0.2) is 0 Å². The van der Waals surface area contributed by atoms with Crippen LogP contribution >= 0.6 is 0 Å². The number of nitrogens with one attached hydrogen (secondary N) is 1. The zero-order valence-electron chi connectivity index (χ0n) is 11.5. The number of hydrogen-bond donors (Lipinski definition) is 1. The van der Waals surface area contributed by atoms with Gasteiger partial charge in [0.05, 0.1) is 18.5 Å². The SMILES string of the molecule is C=Nc1cc(N=Nc2cccc(NC)c2)ccc1OC. The third-order valence-electron chi connectivity index (χ3n) is 2.75. The van der Waals surface area contributed by atoms with E-state index in [1.54, 1.807) is 19.2 Å². The van der Waals surface area contributed by atoms with E-state index in [-0.39, 0.29) is 0 Å². The summed E-state index contributed by atoms with van der Waals surface area (Å²) in [6, 6.07) is 13.1. The lowest BCUT2D eigenvalue weighted by molar-refractivity contribution is 0.416. The topological polar surface area (TPSA) is 58.3 Å². The van der Waals surface area contributed by atoms with Crippen LogP contribution in [0, 0.1) is 0 Å². The first-order valence-corrected chi connectivity index (χ1v) is 6.11. The van der Waals surface area contributed by atoms with Crippen molar-refractivity contribution in [3.05, 3.63) is 42.5 Å². The van der Waals surface area contributed by atoms with Gasteiger partial charge in [-0.3, -0.25) is 4.99 Å². The van der Waals surface area contributed by atoms with E-state index in [1.807, 2.05) is 37.4 Å². The summed E-state index contributed by atoms with van der Waals surface area (Å²) in [7, 11) is 3.45. The van der Waals surface area contributed by atoms with E-state index in [0.717, 1.165) is 11.4 Å². The molecule has 0 aliphatic heterocycles. The molecule has 0 saturated heterocycles. The van der Waals surface area contributed by atoms with E-state index >= 15 is 0 Å². The van der Waals surface area contributed by atoms with Gasteiger partial charge in [0.2, 0.25) is 0 Å². The first-order chi connectivity index (χ1) is 9.76. The monoisotopic (exact) mass is 268 g/mol. The molecule has 0 bridgehead atoms. The van der Waals surface area contributed by atoms with Crippen molar-refractivity contribution in [2.45, 2.75) is 0 Å². The Morgan fingerprint density at radius 2 is 1.80 bits per heavy atom. The number of nitrogens with zero attached hydrogens (tertiary/aromatic N) is 3. The lowest BCUT2D eigenvalue weighted by Gasteiger charge is -2.04. The molecule has 0 fully saturated rings. The van der Waals surface area contributed by atoms with Crippen molar-refractivity contribution in [3.8, 4) is 5.75 Å². The Labute approximate surface area is 118 Å². The maximum absolute atomic E-state index is 5.17. The fourth-order valence-corrected chi connectivity index (χ4v) is 1.70. The van der Waals surface area contributed by atoms with Crippen LogP contribution in [0.5, 0.6) is 5.75 Å². The summed E-state index contributed by atoms with van der Waals surface area (Å²) in [5, 5.41) is 11.4. The van der Waals surface area contributed by atoms with Gasteiger partial charge >= 0.3 is 0 Å². The van der Waals surface area contributed by atoms with Crippen LogP contribution in [0.2, 0.25) is 0 Å². The molecular weight excluding hydrogens is 252 g/mol. The number of methoxy groups -OCH3 is 1. The summed E-state index contributed by atoms with van der Waals surface area (Å²) >= 11 is 0. The fraction of sp³-hybridized carbons (Fsp3) is 0.133. The Kier molecular flexibility index (Phi) is 4.44. The van der Waals surface area contributed by atoms with Crippen molar-refractivity contribution < 1.29 is 4.74 Å². The summed E-state index contributed by atoms with van der Waals surface area (Å²) in [4.78, 5) is 3.90. The van der Waals surface area contributed by atoms with Crippen LogP contribution in [-0.2, 0) is 0 Å². The first-order valence-electron chi connectivity index (χ1n) is 6.11. The highest BCUT2D eigenvalue weighted by Gasteiger charge is 2.01. The van der Waals surface area contributed by atoms with Gasteiger partial charge in [0, 0.05) is 12.7 Å². The van der Waals surface area contributed by atoms with Gasteiger partial charge in [0.1, 0.15) is 11.4 Å². The third kappa shape index (κ3) is 3.20. The lowest BCUT2D eigenvalue weighted by atomic mass is 10.2. The van der Waals surface area contributed by atoms with Gasteiger partial charge in [-0.15, -0.1) is 0 Å². The van der Waals surface area contributed by atoms with Crippen molar-refractivity contribution in [1.29, 1.82) is 0 Å². The highest BCUT2D eigenvalue weighted by atomic mass is 16.5. The number of aliphatic imine (C=N–C) groups is 1. The summed E-state index contributed by atoms with van der Waals surface area (Å²) in [5.41, 5.74) is 3.11. The molecule has 0 aromatic heterocycles. The summed E-state index contributed by atoms with van der Waals surface area (Å²) < 4.78 is 5.17. The summed E-state index contributed by atoms with van der Waals surface area (Å²) in [6.45, 7) is 3.51. The van der Waals surface area contributed by atoms with Gasteiger partial charge in [-0.1, -0.05) is 6.07 Å². The molecule has 5 heteroatoms. The molecule has 2 aromatic carbocycles.